The maximum Gasteiger partial charge on any atom is 0.153 e. The number of hydrogen-bond donors (Lipinski definition) is 0. The lowest BCUT2D eigenvalue weighted by atomic mass is 10.2. The monoisotopic (exact) mass is 532 g/mol. The van der Waals surface area contributed by atoms with Crippen LogP contribution in [0, 0.1) is 7.14 Å². The van der Waals surface area contributed by atoms with Gasteiger partial charge >= 0.3 is 0 Å². The summed E-state index contributed by atoms with van der Waals surface area (Å²) in [7, 11) is 0. The fraction of sp³-hybridized carbons (Fsp3) is 0.0714. The van der Waals surface area contributed by atoms with Crippen LogP contribution in [0.2, 0.25) is 10.0 Å². The molecule has 2 nitrogen and oxygen atoms in total. The zero-order chi connectivity index (χ0) is 14.7. The van der Waals surface area contributed by atoms with Crippen LogP contribution in [0.15, 0.2) is 30.3 Å². The Labute approximate surface area is 154 Å². The molecule has 20 heavy (non-hydrogen) atoms. The van der Waals surface area contributed by atoms with Crippen molar-refractivity contribution < 1.29 is 9.53 Å². The molecule has 0 saturated heterocycles. The quantitative estimate of drug-likeness (QED) is 0.379. The molecule has 2 rings (SSSR count). The van der Waals surface area contributed by atoms with Crippen LogP contribution < -0.4 is 4.74 Å². The first-order chi connectivity index (χ1) is 9.51. The van der Waals surface area contributed by atoms with Crippen molar-refractivity contribution in [2.24, 2.45) is 0 Å². The predicted molar refractivity (Wildman–Crippen MR) is 98.1 cm³/mol. The molecule has 0 aliphatic rings. The van der Waals surface area contributed by atoms with E-state index in [9.17, 15) is 4.79 Å². The molecule has 2 aromatic carbocycles. The number of aldehydes is 1. The van der Waals surface area contributed by atoms with Gasteiger partial charge in [-0.25, -0.2) is 0 Å². The molecule has 0 fully saturated rings. The smallest absolute Gasteiger partial charge is 0.153 e. The molecule has 0 unspecified atom stereocenters. The maximum atomic E-state index is 11.1. The lowest BCUT2D eigenvalue weighted by molar-refractivity contribution is 0.111. The molecule has 0 aliphatic carbocycles. The summed E-state index contributed by atoms with van der Waals surface area (Å²) < 4.78 is 7.65. The Balaban J connectivity index is 2.22. The molecular weight excluding hydrogens is 525 g/mol. The SMILES string of the molecule is O=Cc1cc(I)cc(I)c1OCc1ccc(Cl)c(Cl)c1. The average Bonchev–Trinajstić information content (AvgIpc) is 2.40. The molecule has 0 bridgehead atoms. The Kier molecular flexibility index (Phi) is 5.95. The van der Waals surface area contributed by atoms with Crippen molar-refractivity contribution in [3.8, 4) is 5.75 Å². The molecule has 0 amide bonds. The highest BCUT2D eigenvalue weighted by Crippen LogP contribution is 2.29. The van der Waals surface area contributed by atoms with Gasteiger partial charge in [0.15, 0.2) is 6.29 Å². The third-order valence-electron chi connectivity index (χ3n) is 2.53. The minimum Gasteiger partial charge on any atom is -0.487 e. The van der Waals surface area contributed by atoms with Crippen molar-refractivity contribution in [3.05, 3.63) is 58.6 Å². The van der Waals surface area contributed by atoms with E-state index in [2.05, 4.69) is 45.2 Å². The fourth-order valence-corrected chi connectivity index (χ4v) is 3.97. The molecule has 0 aromatic heterocycles. The fourth-order valence-electron chi connectivity index (χ4n) is 1.60. The largest absolute Gasteiger partial charge is 0.487 e. The summed E-state index contributed by atoms with van der Waals surface area (Å²) >= 11 is 16.1. The Morgan fingerprint density at radius 3 is 2.50 bits per heavy atom. The molecule has 0 spiro atoms. The zero-order valence-corrected chi connectivity index (χ0v) is 15.8. The van der Waals surface area contributed by atoms with Crippen molar-refractivity contribution >= 4 is 74.7 Å². The van der Waals surface area contributed by atoms with E-state index in [-0.39, 0.29) is 0 Å². The lowest BCUT2D eigenvalue weighted by Gasteiger charge is -2.11. The van der Waals surface area contributed by atoms with E-state index in [1.807, 2.05) is 12.1 Å². The van der Waals surface area contributed by atoms with Crippen LogP contribution in [0.5, 0.6) is 5.75 Å². The summed E-state index contributed by atoms with van der Waals surface area (Å²) in [5.74, 6) is 0.590. The van der Waals surface area contributed by atoms with Gasteiger partial charge in [0.05, 0.1) is 19.2 Å². The molecule has 0 atom stereocenters. The summed E-state index contributed by atoms with van der Waals surface area (Å²) in [5.41, 5.74) is 1.44. The first-order valence-corrected chi connectivity index (χ1v) is 8.43. The zero-order valence-electron chi connectivity index (χ0n) is 10.00. The molecular formula is C14H8Cl2I2O2. The second-order valence-corrected chi connectivity index (χ2v) is 7.18. The molecule has 0 radical (unpaired) electrons. The van der Waals surface area contributed by atoms with E-state index in [4.69, 9.17) is 27.9 Å². The van der Waals surface area contributed by atoms with Crippen LogP contribution in [-0.4, -0.2) is 6.29 Å². The van der Waals surface area contributed by atoms with Crippen LogP contribution >= 0.6 is 68.4 Å². The molecule has 6 heteroatoms. The maximum absolute atomic E-state index is 11.1. The number of carbonyl (C=O) groups is 1. The van der Waals surface area contributed by atoms with Crippen LogP contribution in [0.4, 0.5) is 0 Å². The first kappa shape index (κ1) is 16.3. The third kappa shape index (κ3) is 3.99. The van der Waals surface area contributed by atoms with Crippen LogP contribution in [0.3, 0.4) is 0 Å². The average molecular weight is 533 g/mol. The highest BCUT2D eigenvalue weighted by Gasteiger charge is 2.10. The summed E-state index contributed by atoms with van der Waals surface area (Å²) in [6.07, 6.45) is 0.800. The summed E-state index contributed by atoms with van der Waals surface area (Å²) in [5, 5.41) is 0.994. The van der Waals surface area contributed by atoms with E-state index < -0.39 is 0 Å². The number of ether oxygens (including phenoxy) is 1. The van der Waals surface area contributed by atoms with Gasteiger partial charge in [-0.3, -0.25) is 4.79 Å². The molecule has 0 heterocycles. The molecule has 0 saturated carbocycles. The Morgan fingerprint density at radius 1 is 1.10 bits per heavy atom. The van der Waals surface area contributed by atoms with Gasteiger partial charge in [-0.2, -0.15) is 0 Å². The molecule has 2 aromatic rings. The summed E-state index contributed by atoms with van der Waals surface area (Å²) in [4.78, 5) is 11.1. The van der Waals surface area contributed by atoms with E-state index in [0.29, 0.717) is 28.0 Å². The standard InChI is InChI=1S/C14H8Cl2I2O2/c15-11-2-1-8(3-12(11)16)7-20-14-9(6-19)4-10(17)5-13(14)18/h1-6H,7H2. The van der Waals surface area contributed by atoms with Gasteiger partial charge in [0.25, 0.3) is 0 Å². The highest BCUT2D eigenvalue weighted by atomic mass is 127. The van der Waals surface area contributed by atoms with Gasteiger partial charge < -0.3 is 4.74 Å². The topological polar surface area (TPSA) is 26.3 Å². The van der Waals surface area contributed by atoms with Gasteiger partial charge in [0.1, 0.15) is 12.4 Å². The first-order valence-electron chi connectivity index (χ1n) is 5.52. The van der Waals surface area contributed by atoms with Crippen molar-refractivity contribution in [3.63, 3.8) is 0 Å². The minimum absolute atomic E-state index is 0.328. The second-order valence-electron chi connectivity index (χ2n) is 3.96. The number of carbonyl (C=O) groups excluding carboxylic acids is 1. The van der Waals surface area contributed by atoms with Crippen molar-refractivity contribution in [1.82, 2.24) is 0 Å². The normalized spacial score (nSPS) is 10.4. The lowest BCUT2D eigenvalue weighted by Crippen LogP contribution is -2.01. The van der Waals surface area contributed by atoms with Gasteiger partial charge in [0, 0.05) is 3.57 Å². The van der Waals surface area contributed by atoms with Crippen molar-refractivity contribution in [2.75, 3.05) is 0 Å². The van der Waals surface area contributed by atoms with Crippen molar-refractivity contribution in [1.29, 1.82) is 0 Å². The second kappa shape index (κ2) is 7.29. The van der Waals surface area contributed by atoms with Gasteiger partial charge in [0.2, 0.25) is 0 Å². The summed E-state index contributed by atoms with van der Waals surface area (Å²) in [6.45, 7) is 0.328. The van der Waals surface area contributed by atoms with E-state index >= 15 is 0 Å². The summed E-state index contributed by atoms with van der Waals surface area (Å²) in [6, 6.07) is 9.07. The number of benzene rings is 2. The Morgan fingerprint density at radius 2 is 1.85 bits per heavy atom. The van der Waals surface area contributed by atoms with E-state index in [1.165, 1.54) is 0 Å². The minimum atomic E-state index is 0.328. The van der Waals surface area contributed by atoms with Gasteiger partial charge in [-0.15, -0.1) is 0 Å². The van der Waals surface area contributed by atoms with Crippen molar-refractivity contribution in [2.45, 2.75) is 6.61 Å². The van der Waals surface area contributed by atoms with Crippen LogP contribution in [0.25, 0.3) is 0 Å². The number of hydrogen-bond acceptors (Lipinski definition) is 2. The van der Waals surface area contributed by atoms with Crippen LogP contribution in [-0.2, 0) is 6.61 Å². The third-order valence-corrected chi connectivity index (χ3v) is 4.69. The van der Waals surface area contributed by atoms with E-state index in [0.717, 1.165) is 19.0 Å². The van der Waals surface area contributed by atoms with E-state index in [1.54, 1.807) is 18.2 Å². The molecule has 0 aliphatic heterocycles. The number of rotatable bonds is 4. The Hall–Kier alpha value is -0.0500. The molecule has 104 valence electrons. The van der Waals surface area contributed by atoms with Gasteiger partial charge in [-0.1, -0.05) is 29.3 Å². The van der Waals surface area contributed by atoms with Gasteiger partial charge in [-0.05, 0) is 75.0 Å². The number of halogens is 4. The highest BCUT2D eigenvalue weighted by molar-refractivity contribution is 14.1. The van der Waals surface area contributed by atoms with Crippen LogP contribution in [0.1, 0.15) is 15.9 Å². The predicted octanol–water partition coefficient (Wildman–Crippen LogP) is 5.59. The Bertz CT molecular complexity index is 660. The molecule has 0 N–H and O–H groups in total.